The summed E-state index contributed by atoms with van der Waals surface area (Å²) in [5.74, 6) is -4.27. The number of nitrogens with zero attached hydrogens (tertiary/aromatic N) is 2. The molecule has 11 heteroatoms. The van der Waals surface area contributed by atoms with Gasteiger partial charge in [-0.2, -0.15) is 0 Å². The molecule has 1 aromatic rings. The number of amides is 3. The number of benzene rings is 1. The van der Waals surface area contributed by atoms with Crippen LogP contribution >= 0.6 is 0 Å². The molecule has 1 aliphatic heterocycles. The monoisotopic (exact) mass is 434 g/mol. The van der Waals surface area contributed by atoms with Crippen LogP contribution in [0.4, 0.5) is 0 Å². The van der Waals surface area contributed by atoms with E-state index in [4.69, 9.17) is 15.6 Å². The fraction of sp³-hybridized carbons (Fsp3) is 0.450. The van der Waals surface area contributed by atoms with E-state index in [2.05, 4.69) is 5.32 Å². The number of carboxylic acid groups (broad SMARTS) is 1. The maximum absolute atomic E-state index is 12.8. The van der Waals surface area contributed by atoms with E-state index >= 15 is 0 Å². The second-order valence-electron chi connectivity index (χ2n) is 7.15. The Morgan fingerprint density at radius 3 is 2.39 bits per heavy atom. The number of ether oxygens (including phenoxy) is 1. The highest BCUT2D eigenvalue weighted by Gasteiger charge is 2.54. The maximum Gasteiger partial charge on any atom is 0.341 e. The van der Waals surface area contributed by atoms with E-state index in [1.165, 1.54) is 6.92 Å². The van der Waals surface area contributed by atoms with Crippen LogP contribution in [0.3, 0.4) is 0 Å². The molecule has 1 aliphatic rings. The van der Waals surface area contributed by atoms with Crippen LogP contribution in [0.15, 0.2) is 24.3 Å². The molecule has 2 rings (SSSR count). The zero-order chi connectivity index (χ0) is 23.2. The molecule has 31 heavy (non-hydrogen) atoms. The van der Waals surface area contributed by atoms with Crippen molar-refractivity contribution in [2.45, 2.75) is 18.9 Å². The van der Waals surface area contributed by atoms with Gasteiger partial charge in [0.2, 0.25) is 11.4 Å². The molecule has 0 radical (unpaired) electrons. The van der Waals surface area contributed by atoms with Crippen LogP contribution in [0, 0.1) is 0 Å². The van der Waals surface area contributed by atoms with Gasteiger partial charge in [0.05, 0.1) is 13.7 Å². The van der Waals surface area contributed by atoms with E-state index < -0.39 is 48.3 Å². The molecule has 1 atom stereocenters. The number of carbonyl (C=O) groups excluding carboxylic acids is 4. The first kappa shape index (κ1) is 23.8. The van der Waals surface area contributed by atoms with Crippen LogP contribution < -0.4 is 11.1 Å². The number of carbonyl (C=O) groups is 5. The number of piperazine rings is 1. The van der Waals surface area contributed by atoms with Gasteiger partial charge in [-0.15, -0.1) is 0 Å². The quantitative estimate of drug-likeness (QED) is 0.333. The molecule has 4 N–H and O–H groups in total. The Kier molecular flexibility index (Phi) is 7.70. The van der Waals surface area contributed by atoms with Crippen molar-refractivity contribution in [3.63, 3.8) is 0 Å². The van der Waals surface area contributed by atoms with Crippen molar-refractivity contribution in [1.29, 1.82) is 0 Å². The van der Waals surface area contributed by atoms with E-state index in [-0.39, 0.29) is 13.1 Å². The zero-order valence-corrected chi connectivity index (χ0v) is 17.4. The third-order valence-electron chi connectivity index (χ3n) is 5.10. The molecule has 168 valence electrons. The maximum atomic E-state index is 12.8. The standard InChI is InChI=1S/C20H26N4O7/c1-20(19(30)31-2)18(29)23(12-16(26)27)9-10-24(20)15(25)11-22-17(28)14-5-3-13(4-6-14)7-8-21/h3-6H,7-12,21H2,1-2H3,(H,22,28)(H,26,27)/t20-/m0/s1. The van der Waals surface area contributed by atoms with Crippen molar-refractivity contribution in [2.24, 2.45) is 5.73 Å². The molecule has 0 spiro atoms. The van der Waals surface area contributed by atoms with Crippen LogP contribution in [0.2, 0.25) is 0 Å². The van der Waals surface area contributed by atoms with Gasteiger partial charge in [-0.25, -0.2) is 4.79 Å². The number of carboxylic acids is 1. The van der Waals surface area contributed by atoms with Gasteiger partial charge in [-0.1, -0.05) is 12.1 Å². The lowest BCUT2D eigenvalue weighted by Gasteiger charge is -2.45. The van der Waals surface area contributed by atoms with Crippen LogP contribution in [-0.4, -0.2) is 89.9 Å². The number of nitrogens with two attached hydrogens (primary N) is 1. The topological polar surface area (TPSA) is 159 Å². The summed E-state index contributed by atoms with van der Waals surface area (Å²) in [5, 5.41) is 11.5. The summed E-state index contributed by atoms with van der Waals surface area (Å²) in [5.41, 5.74) is 4.77. The van der Waals surface area contributed by atoms with E-state index in [1.807, 2.05) is 0 Å². The second kappa shape index (κ2) is 10.0. The lowest BCUT2D eigenvalue weighted by molar-refractivity contribution is -0.176. The molecular formula is C20H26N4O7. The van der Waals surface area contributed by atoms with Gasteiger partial charge in [-0.3, -0.25) is 19.2 Å². The first-order valence-electron chi connectivity index (χ1n) is 9.62. The number of hydrogen-bond donors (Lipinski definition) is 3. The highest BCUT2D eigenvalue weighted by Crippen LogP contribution is 2.25. The predicted molar refractivity (Wildman–Crippen MR) is 108 cm³/mol. The van der Waals surface area contributed by atoms with Gasteiger partial charge in [-0.05, 0) is 37.6 Å². The lowest BCUT2D eigenvalue weighted by Crippen LogP contribution is -2.70. The third kappa shape index (κ3) is 5.18. The summed E-state index contributed by atoms with van der Waals surface area (Å²) in [6, 6.07) is 6.74. The normalized spacial score (nSPS) is 18.5. The van der Waals surface area contributed by atoms with Gasteiger partial charge in [0, 0.05) is 18.7 Å². The number of esters is 1. The minimum absolute atomic E-state index is 0.0694. The molecule has 1 aromatic carbocycles. The molecule has 11 nitrogen and oxygen atoms in total. The first-order valence-corrected chi connectivity index (χ1v) is 9.62. The molecule has 0 unspecified atom stereocenters. The molecule has 1 fully saturated rings. The largest absolute Gasteiger partial charge is 0.480 e. The Morgan fingerprint density at radius 1 is 1.19 bits per heavy atom. The minimum Gasteiger partial charge on any atom is -0.480 e. The molecule has 3 amide bonds. The van der Waals surface area contributed by atoms with E-state index in [0.717, 1.165) is 22.5 Å². The van der Waals surface area contributed by atoms with E-state index in [9.17, 15) is 24.0 Å². The SMILES string of the molecule is COC(=O)[C@]1(C)C(=O)N(CC(=O)O)CCN1C(=O)CNC(=O)c1ccc(CCN)cc1. The zero-order valence-electron chi connectivity index (χ0n) is 17.4. The average Bonchev–Trinajstić information content (AvgIpc) is 2.75. The Labute approximate surface area is 179 Å². The second-order valence-corrected chi connectivity index (χ2v) is 7.15. The number of aliphatic carboxylic acids is 1. The van der Waals surface area contributed by atoms with Crippen LogP contribution in [0.25, 0.3) is 0 Å². The van der Waals surface area contributed by atoms with Gasteiger partial charge in [0.1, 0.15) is 6.54 Å². The van der Waals surface area contributed by atoms with Crippen molar-refractivity contribution >= 4 is 29.7 Å². The Balaban J connectivity index is 2.11. The van der Waals surface area contributed by atoms with Crippen LogP contribution in [0.5, 0.6) is 0 Å². The van der Waals surface area contributed by atoms with Gasteiger partial charge in [0.25, 0.3) is 11.8 Å². The Morgan fingerprint density at radius 2 is 1.84 bits per heavy atom. The summed E-state index contributed by atoms with van der Waals surface area (Å²) in [6.45, 7) is 0.460. The van der Waals surface area contributed by atoms with Crippen molar-refractivity contribution in [3.05, 3.63) is 35.4 Å². The molecule has 1 saturated heterocycles. The lowest BCUT2D eigenvalue weighted by atomic mass is 9.94. The molecule has 0 saturated carbocycles. The van der Waals surface area contributed by atoms with E-state index in [0.29, 0.717) is 18.5 Å². The van der Waals surface area contributed by atoms with E-state index in [1.54, 1.807) is 24.3 Å². The molecule has 1 heterocycles. The Bertz CT molecular complexity index is 871. The van der Waals surface area contributed by atoms with Crippen LogP contribution in [-0.2, 0) is 30.3 Å². The number of methoxy groups -OCH3 is 1. The number of nitrogens with one attached hydrogen (secondary N) is 1. The highest BCUT2D eigenvalue weighted by atomic mass is 16.5. The Hall–Kier alpha value is -3.47. The first-order chi connectivity index (χ1) is 14.6. The molecule has 0 bridgehead atoms. The summed E-state index contributed by atoms with van der Waals surface area (Å²) in [6.07, 6.45) is 0.675. The fourth-order valence-electron chi connectivity index (χ4n) is 3.40. The fourth-order valence-corrected chi connectivity index (χ4v) is 3.40. The molecular weight excluding hydrogens is 408 g/mol. The number of rotatable bonds is 8. The predicted octanol–water partition coefficient (Wildman–Crippen LogP) is -1.40. The average molecular weight is 434 g/mol. The van der Waals surface area contributed by atoms with Gasteiger partial charge in [0.15, 0.2) is 0 Å². The minimum atomic E-state index is -2.03. The van der Waals surface area contributed by atoms with Crippen molar-refractivity contribution in [1.82, 2.24) is 15.1 Å². The van der Waals surface area contributed by atoms with Crippen LogP contribution in [0.1, 0.15) is 22.8 Å². The number of hydrogen-bond acceptors (Lipinski definition) is 7. The summed E-state index contributed by atoms with van der Waals surface area (Å²) < 4.78 is 4.70. The van der Waals surface area contributed by atoms with Gasteiger partial charge >= 0.3 is 11.9 Å². The highest BCUT2D eigenvalue weighted by molar-refractivity contribution is 6.11. The summed E-state index contributed by atoms with van der Waals surface area (Å²) in [4.78, 5) is 63.3. The summed E-state index contributed by atoms with van der Waals surface area (Å²) in [7, 11) is 1.07. The summed E-state index contributed by atoms with van der Waals surface area (Å²) >= 11 is 0. The smallest absolute Gasteiger partial charge is 0.341 e. The molecule has 0 aliphatic carbocycles. The molecule has 0 aromatic heterocycles. The van der Waals surface area contributed by atoms with Crippen molar-refractivity contribution < 1.29 is 33.8 Å². The van der Waals surface area contributed by atoms with Gasteiger partial charge < -0.3 is 30.7 Å². The van der Waals surface area contributed by atoms with Crippen molar-refractivity contribution in [3.8, 4) is 0 Å². The third-order valence-corrected chi connectivity index (χ3v) is 5.10. The van der Waals surface area contributed by atoms with Crippen molar-refractivity contribution in [2.75, 3.05) is 39.8 Å².